The summed E-state index contributed by atoms with van der Waals surface area (Å²) in [5.41, 5.74) is 2.09. The molecule has 3 nitrogen and oxygen atoms in total. The van der Waals surface area contributed by atoms with Crippen LogP contribution in [0.3, 0.4) is 0 Å². The summed E-state index contributed by atoms with van der Waals surface area (Å²) in [6.45, 7) is 7.40. The van der Waals surface area contributed by atoms with Gasteiger partial charge >= 0.3 is 0 Å². The van der Waals surface area contributed by atoms with Gasteiger partial charge in [-0.1, -0.05) is 57.6 Å². The molecule has 0 bridgehead atoms. The van der Waals surface area contributed by atoms with Crippen LogP contribution in [-0.2, 0) is 13.5 Å². The van der Waals surface area contributed by atoms with Crippen LogP contribution in [-0.4, -0.2) is 22.4 Å². The number of unbranched alkanes of at least 4 members (excludes halogenated alkanes) is 4. The van der Waals surface area contributed by atoms with E-state index < -0.39 is 0 Å². The van der Waals surface area contributed by atoms with Crippen molar-refractivity contribution < 1.29 is 0 Å². The summed E-state index contributed by atoms with van der Waals surface area (Å²) < 4.78 is 1.93. The van der Waals surface area contributed by atoms with Gasteiger partial charge in [-0.2, -0.15) is 5.10 Å². The van der Waals surface area contributed by atoms with E-state index in [2.05, 4.69) is 24.3 Å². The topological polar surface area (TPSA) is 29.9 Å². The van der Waals surface area contributed by atoms with E-state index in [9.17, 15) is 0 Å². The Bertz CT molecular complexity index is 387. The van der Waals surface area contributed by atoms with Gasteiger partial charge < -0.3 is 5.32 Å². The van der Waals surface area contributed by atoms with Crippen molar-refractivity contribution in [1.29, 1.82) is 0 Å². The van der Waals surface area contributed by atoms with E-state index in [-0.39, 0.29) is 0 Å². The first-order valence-corrected chi connectivity index (χ1v) is 8.39. The van der Waals surface area contributed by atoms with Crippen molar-refractivity contribution in [3.63, 3.8) is 0 Å². The first kappa shape index (κ1) is 17.5. The maximum atomic E-state index is 6.35. The Kier molecular flexibility index (Phi) is 8.24. The summed E-state index contributed by atoms with van der Waals surface area (Å²) >= 11 is 6.35. The minimum absolute atomic E-state index is 0.508. The predicted molar refractivity (Wildman–Crippen MR) is 87.5 cm³/mol. The lowest BCUT2D eigenvalue weighted by molar-refractivity contribution is 0.451. The van der Waals surface area contributed by atoms with Crippen LogP contribution < -0.4 is 5.32 Å². The van der Waals surface area contributed by atoms with Crippen LogP contribution in [0.4, 0.5) is 0 Å². The third-order valence-corrected chi connectivity index (χ3v) is 4.34. The average molecular weight is 300 g/mol. The molecular formula is C16H30ClN3. The van der Waals surface area contributed by atoms with Gasteiger partial charge in [0.05, 0.1) is 16.4 Å². The molecule has 0 saturated heterocycles. The first-order chi connectivity index (χ1) is 9.60. The molecule has 0 aromatic carbocycles. The number of rotatable bonds is 10. The lowest BCUT2D eigenvalue weighted by Crippen LogP contribution is -2.31. The zero-order valence-corrected chi connectivity index (χ0v) is 14.3. The van der Waals surface area contributed by atoms with E-state index in [1.807, 2.05) is 18.7 Å². The number of nitrogens with zero attached hydrogens (tertiary/aromatic N) is 2. The molecule has 0 fully saturated rings. The van der Waals surface area contributed by atoms with Gasteiger partial charge in [0.2, 0.25) is 0 Å². The molecule has 1 aromatic rings. The Labute approximate surface area is 129 Å². The quantitative estimate of drug-likeness (QED) is 0.654. The molecule has 1 heterocycles. The first-order valence-electron chi connectivity index (χ1n) is 8.01. The van der Waals surface area contributed by atoms with E-state index in [0.29, 0.717) is 6.04 Å². The fourth-order valence-electron chi connectivity index (χ4n) is 2.69. The number of likely N-dealkylation sites (N-methyl/N-ethyl adjacent to an activating group) is 1. The Balaban J connectivity index is 2.49. The summed E-state index contributed by atoms with van der Waals surface area (Å²) in [5.74, 6) is 0. The van der Waals surface area contributed by atoms with Crippen molar-refractivity contribution in [2.45, 2.75) is 71.8 Å². The predicted octanol–water partition coefficient (Wildman–Crippen LogP) is 4.26. The van der Waals surface area contributed by atoms with Crippen LogP contribution in [0, 0.1) is 6.92 Å². The van der Waals surface area contributed by atoms with Crippen LogP contribution in [0.1, 0.15) is 63.8 Å². The molecule has 0 aliphatic rings. The Morgan fingerprint density at radius 3 is 2.45 bits per heavy atom. The molecule has 1 rings (SSSR count). The molecule has 0 radical (unpaired) electrons. The van der Waals surface area contributed by atoms with Gasteiger partial charge in [0.1, 0.15) is 0 Å². The van der Waals surface area contributed by atoms with Gasteiger partial charge in [0, 0.05) is 19.5 Å². The van der Waals surface area contributed by atoms with E-state index in [1.165, 1.54) is 38.5 Å². The second-order valence-corrected chi connectivity index (χ2v) is 6.01. The molecule has 20 heavy (non-hydrogen) atoms. The maximum absolute atomic E-state index is 6.35. The Hall–Kier alpha value is -0.540. The summed E-state index contributed by atoms with van der Waals surface area (Å²) in [7, 11) is 1.98. The normalized spacial score (nSPS) is 12.8. The molecule has 4 heteroatoms. The Morgan fingerprint density at radius 1 is 1.20 bits per heavy atom. The number of halogens is 1. The van der Waals surface area contributed by atoms with Crippen LogP contribution in [0.2, 0.25) is 5.02 Å². The molecule has 1 unspecified atom stereocenters. The standard InChI is InChI=1S/C16H30ClN3/c1-5-7-8-9-10-11-14(18-6-2)12-15-16(17)13(3)19-20(15)4/h14,18H,5-12H2,1-4H3. The number of nitrogens with one attached hydrogen (secondary N) is 1. The van der Waals surface area contributed by atoms with Crippen LogP contribution in [0.5, 0.6) is 0 Å². The number of aromatic nitrogens is 2. The van der Waals surface area contributed by atoms with Crippen LogP contribution in [0.25, 0.3) is 0 Å². The largest absolute Gasteiger partial charge is 0.314 e. The van der Waals surface area contributed by atoms with Crippen molar-refractivity contribution in [1.82, 2.24) is 15.1 Å². The second-order valence-electron chi connectivity index (χ2n) is 5.63. The van der Waals surface area contributed by atoms with Crippen molar-refractivity contribution in [2.75, 3.05) is 6.54 Å². The highest BCUT2D eigenvalue weighted by Crippen LogP contribution is 2.22. The molecule has 0 saturated carbocycles. The van der Waals surface area contributed by atoms with Crippen LogP contribution >= 0.6 is 11.6 Å². The van der Waals surface area contributed by atoms with Gasteiger partial charge in [0.25, 0.3) is 0 Å². The summed E-state index contributed by atoms with van der Waals surface area (Å²) in [6, 6.07) is 0.508. The monoisotopic (exact) mass is 299 g/mol. The van der Waals surface area contributed by atoms with Crippen molar-refractivity contribution in [2.24, 2.45) is 7.05 Å². The summed E-state index contributed by atoms with van der Waals surface area (Å²) in [4.78, 5) is 0. The smallest absolute Gasteiger partial charge is 0.0847 e. The molecule has 0 aliphatic carbocycles. The zero-order valence-electron chi connectivity index (χ0n) is 13.5. The fraction of sp³-hybridized carbons (Fsp3) is 0.812. The van der Waals surface area contributed by atoms with Gasteiger partial charge in [-0.3, -0.25) is 4.68 Å². The molecule has 0 amide bonds. The highest BCUT2D eigenvalue weighted by Gasteiger charge is 2.16. The molecular weight excluding hydrogens is 270 g/mol. The minimum atomic E-state index is 0.508. The summed E-state index contributed by atoms with van der Waals surface area (Å²) in [6.07, 6.45) is 8.86. The fourth-order valence-corrected chi connectivity index (χ4v) is 2.93. The van der Waals surface area contributed by atoms with Gasteiger partial charge in [-0.15, -0.1) is 0 Å². The molecule has 1 aromatic heterocycles. The average Bonchev–Trinajstić information content (AvgIpc) is 2.65. The summed E-state index contributed by atoms with van der Waals surface area (Å²) in [5, 5.41) is 8.82. The Morgan fingerprint density at radius 2 is 1.90 bits per heavy atom. The van der Waals surface area contributed by atoms with Gasteiger partial charge in [-0.05, 0) is 19.9 Å². The number of hydrogen-bond donors (Lipinski definition) is 1. The van der Waals surface area contributed by atoms with Gasteiger partial charge in [0.15, 0.2) is 0 Å². The second kappa shape index (κ2) is 9.41. The lowest BCUT2D eigenvalue weighted by atomic mass is 10.0. The molecule has 1 N–H and O–H groups in total. The SMILES string of the molecule is CCCCCCCC(Cc1c(Cl)c(C)nn1C)NCC. The molecule has 0 spiro atoms. The molecule has 1 atom stereocenters. The minimum Gasteiger partial charge on any atom is -0.314 e. The highest BCUT2D eigenvalue weighted by atomic mass is 35.5. The third kappa shape index (κ3) is 5.45. The zero-order chi connectivity index (χ0) is 15.0. The van der Waals surface area contributed by atoms with E-state index in [1.54, 1.807) is 0 Å². The van der Waals surface area contributed by atoms with E-state index in [0.717, 1.165) is 29.4 Å². The number of aryl methyl sites for hydroxylation is 2. The molecule has 0 aliphatic heterocycles. The number of hydrogen-bond acceptors (Lipinski definition) is 2. The highest BCUT2D eigenvalue weighted by molar-refractivity contribution is 6.31. The van der Waals surface area contributed by atoms with Crippen molar-refractivity contribution >= 4 is 11.6 Å². The van der Waals surface area contributed by atoms with Gasteiger partial charge in [-0.25, -0.2) is 0 Å². The van der Waals surface area contributed by atoms with Crippen LogP contribution in [0.15, 0.2) is 0 Å². The third-order valence-electron chi connectivity index (χ3n) is 3.85. The van der Waals surface area contributed by atoms with Crippen molar-refractivity contribution in [3.8, 4) is 0 Å². The van der Waals surface area contributed by atoms with E-state index >= 15 is 0 Å². The maximum Gasteiger partial charge on any atom is 0.0847 e. The van der Waals surface area contributed by atoms with Crippen molar-refractivity contribution in [3.05, 3.63) is 16.4 Å². The molecule has 116 valence electrons. The van der Waals surface area contributed by atoms with E-state index in [4.69, 9.17) is 11.6 Å². The lowest BCUT2D eigenvalue weighted by Gasteiger charge is -2.18.